The molecule has 1 rings (SSSR count). The third-order valence-electron chi connectivity index (χ3n) is 2.76. The van der Waals surface area contributed by atoms with E-state index in [9.17, 15) is 0 Å². The molecule has 0 spiro atoms. The van der Waals surface area contributed by atoms with Crippen molar-refractivity contribution in [2.45, 2.75) is 51.9 Å². The van der Waals surface area contributed by atoms with Crippen LogP contribution in [-0.2, 0) is 6.42 Å². The number of aryl methyl sites for hydroxylation is 1. The minimum atomic E-state index is 0. The minimum absolute atomic E-state index is 0. The van der Waals surface area contributed by atoms with Crippen molar-refractivity contribution in [1.82, 2.24) is 0 Å². The molecule has 0 saturated heterocycles. The molecule has 0 aliphatic carbocycles. The van der Waals surface area contributed by atoms with Crippen molar-refractivity contribution in [1.29, 1.82) is 0 Å². The zero-order chi connectivity index (χ0) is 10.9. The van der Waals surface area contributed by atoms with Crippen molar-refractivity contribution < 1.29 is 5.11 Å². The van der Waals surface area contributed by atoms with Crippen LogP contribution in [0.25, 0.3) is 0 Å². The monoisotopic (exact) mass is 236 g/mol. The quantitative estimate of drug-likeness (QED) is 0.569. The zero-order valence-electron chi connectivity index (χ0n) is 9.71. The van der Waals surface area contributed by atoms with Gasteiger partial charge in [-0.1, -0.05) is 51.2 Å². The number of rotatable bonds is 7. The van der Waals surface area contributed by atoms with Crippen LogP contribution in [-0.4, -0.2) is 22.5 Å². The number of aromatic hydroxyl groups is 1. The van der Waals surface area contributed by atoms with Crippen LogP contribution in [0.5, 0.6) is 5.75 Å². The summed E-state index contributed by atoms with van der Waals surface area (Å²) in [7, 11) is 0. The van der Waals surface area contributed by atoms with Crippen molar-refractivity contribution in [3.05, 3.63) is 29.8 Å². The van der Waals surface area contributed by atoms with Gasteiger partial charge in [0.1, 0.15) is 5.75 Å². The van der Waals surface area contributed by atoms with Gasteiger partial charge in [-0.2, -0.15) is 0 Å². The molecule has 0 bridgehead atoms. The van der Waals surface area contributed by atoms with E-state index in [0.717, 1.165) is 6.42 Å². The summed E-state index contributed by atoms with van der Waals surface area (Å²) in [6, 6.07) is 7.57. The second-order valence-electron chi connectivity index (χ2n) is 4.18. The van der Waals surface area contributed by atoms with Gasteiger partial charge in [0.05, 0.1) is 0 Å². The summed E-state index contributed by atoms with van der Waals surface area (Å²) in [5.74, 6) is 0.363. The second-order valence-corrected chi connectivity index (χ2v) is 4.18. The topological polar surface area (TPSA) is 20.2 Å². The summed E-state index contributed by atoms with van der Waals surface area (Å²) >= 11 is 0. The summed E-state index contributed by atoms with van der Waals surface area (Å²) in [5, 5.41) is 9.13. The van der Waals surface area contributed by atoms with Crippen molar-refractivity contribution in [3.8, 4) is 5.75 Å². The zero-order valence-corrected chi connectivity index (χ0v) is 9.71. The summed E-state index contributed by atoms with van der Waals surface area (Å²) in [5.41, 5.74) is 1.34. The van der Waals surface area contributed by atoms with Crippen molar-refractivity contribution in [2.75, 3.05) is 0 Å². The number of benzene rings is 1. The molecule has 0 aliphatic heterocycles. The average molecular weight is 236 g/mol. The molecule has 0 atom stereocenters. The molecule has 0 saturated carbocycles. The first kappa shape index (κ1) is 15.6. The fraction of sp³-hybridized carbons (Fsp3) is 0.571. The molecule has 1 aromatic carbocycles. The normalized spacial score (nSPS) is 9.81. The highest BCUT2D eigenvalue weighted by Crippen LogP contribution is 2.13. The Hall–Kier alpha value is -0.448. The highest BCUT2D eigenvalue weighted by Gasteiger charge is 1.94. The Morgan fingerprint density at radius 3 is 2.06 bits per heavy atom. The van der Waals surface area contributed by atoms with E-state index >= 15 is 0 Å². The fourth-order valence-corrected chi connectivity index (χ4v) is 1.77. The maximum absolute atomic E-state index is 9.13. The van der Waals surface area contributed by atoms with E-state index in [-0.39, 0.29) is 17.4 Å². The summed E-state index contributed by atoms with van der Waals surface area (Å²) < 4.78 is 0. The van der Waals surface area contributed by atoms with Crippen LogP contribution in [0, 0.1) is 0 Å². The van der Waals surface area contributed by atoms with Crippen LogP contribution >= 0.6 is 0 Å². The highest BCUT2D eigenvalue weighted by atomic mass is 27.0. The van der Waals surface area contributed by atoms with Crippen LogP contribution in [0.3, 0.4) is 0 Å². The van der Waals surface area contributed by atoms with Crippen molar-refractivity contribution in [3.63, 3.8) is 0 Å². The number of unbranched alkanes of at least 4 members (excludes halogenated alkanes) is 5. The van der Waals surface area contributed by atoms with E-state index < -0.39 is 0 Å². The Balaban J connectivity index is 0.00000225. The Labute approximate surface area is 110 Å². The highest BCUT2D eigenvalue weighted by molar-refractivity contribution is 5.75. The fourth-order valence-electron chi connectivity index (χ4n) is 1.77. The molecule has 16 heavy (non-hydrogen) atoms. The summed E-state index contributed by atoms with van der Waals surface area (Å²) in [4.78, 5) is 0. The summed E-state index contributed by atoms with van der Waals surface area (Å²) in [6.45, 7) is 2.25. The van der Waals surface area contributed by atoms with Crippen LogP contribution in [0.2, 0.25) is 0 Å². The lowest BCUT2D eigenvalue weighted by atomic mass is 10.1. The number of phenolic OH excluding ortho intramolecular Hbond substituents is 1. The van der Waals surface area contributed by atoms with Gasteiger partial charge in [0.2, 0.25) is 0 Å². The predicted octanol–water partition coefficient (Wildman–Crippen LogP) is 3.11. The van der Waals surface area contributed by atoms with Gasteiger partial charge in [0.15, 0.2) is 17.4 Å². The maximum Gasteiger partial charge on any atom is 0.187 e. The lowest BCUT2D eigenvalue weighted by Crippen LogP contribution is -1.85. The van der Waals surface area contributed by atoms with Gasteiger partial charge < -0.3 is 5.11 Å². The molecule has 1 nitrogen and oxygen atoms in total. The van der Waals surface area contributed by atoms with E-state index in [0.29, 0.717) is 5.75 Å². The number of hydrogen-bond acceptors (Lipinski definition) is 1. The molecule has 90 valence electrons. The van der Waals surface area contributed by atoms with Crippen molar-refractivity contribution >= 4 is 17.4 Å². The molecule has 0 heterocycles. The Bertz CT molecular complexity index is 256. The van der Waals surface area contributed by atoms with E-state index in [4.69, 9.17) is 5.11 Å². The van der Waals surface area contributed by atoms with Crippen LogP contribution < -0.4 is 0 Å². The minimum Gasteiger partial charge on any atom is -0.508 e. The van der Waals surface area contributed by atoms with E-state index in [1.807, 2.05) is 12.1 Å². The molecule has 0 fully saturated rings. The molecule has 0 amide bonds. The largest absolute Gasteiger partial charge is 0.508 e. The SMILES string of the molecule is CCCCCCCCc1ccc(O)cc1.[AlH3]. The molecule has 1 aromatic rings. The number of phenols is 1. The summed E-state index contributed by atoms with van der Waals surface area (Å²) in [6.07, 6.45) is 9.19. The van der Waals surface area contributed by atoms with E-state index in [1.54, 1.807) is 12.1 Å². The van der Waals surface area contributed by atoms with Crippen LogP contribution in [0.15, 0.2) is 24.3 Å². The van der Waals surface area contributed by atoms with Crippen LogP contribution in [0.1, 0.15) is 51.0 Å². The molecule has 0 aromatic heterocycles. The van der Waals surface area contributed by atoms with Crippen LogP contribution in [0.4, 0.5) is 0 Å². The van der Waals surface area contributed by atoms with Gasteiger partial charge in [0.25, 0.3) is 0 Å². The number of hydrogen-bond donors (Lipinski definition) is 1. The van der Waals surface area contributed by atoms with E-state index in [2.05, 4.69) is 6.92 Å². The van der Waals surface area contributed by atoms with Gasteiger partial charge in [-0.25, -0.2) is 0 Å². The standard InChI is InChI=1S/C14H22O.Al.3H/c1-2-3-4-5-6-7-8-13-9-11-14(15)12-10-13;;;;/h9-12,15H,2-8H2,1H3;;;;. The third-order valence-corrected chi connectivity index (χ3v) is 2.76. The molecule has 2 heteroatoms. The van der Waals surface area contributed by atoms with E-state index in [1.165, 1.54) is 44.1 Å². The predicted molar refractivity (Wildman–Crippen MR) is 75.1 cm³/mol. The third kappa shape index (κ3) is 6.93. The molecule has 0 unspecified atom stereocenters. The lowest BCUT2D eigenvalue weighted by molar-refractivity contribution is 0.475. The molecular formula is C14H25AlO. The molecule has 1 N–H and O–H groups in total. The van der Waals surface area contributed by atoms with Gasteiger partial charge in [-0.15, -0.1) is 0 Å². The first-order valence-corrected chi connectivity index (χ1v) is 6.11. The molecule has 0 radical (unpaired) electrons. The lowest BCUT2D eigenvalue weighted by Gasteiger charge is -2.02. The van der Waals surface area contributed by atoms with Gasteiger partial charge in [-0.05, 0) is 30.5 Å². The van der Waals surface area contributed by atoms with Gasteiger partial charge in [0, 0.05) is 0 Å². The second kappa shape index (κ2) is 9.76. The first-order chi connectivity index (χ1) is 7.33. The Morgan fingerprint density at radius 2 is 1.44 bits per heavy atom. The first-order valence-electron chi connectivity index (χ1n) is 6.11. The maximum atomic E-state index is 9.13. The average Bonchev–Trinajstić information content (AvgIpc) is 2.26. The van der Waals surface area contributed by atoms with Gasteiger partial charge >= 0.3 is 0 Å². The molecule has 0 aliphatic rings. The Morgan fingerprint density at radius 1 is 0.875 bits per heavy atom. The van der Waals surface area contributed by atoms with Crippen molar-refractivity contribution in [2.24, 2.45) is 0 Å². The Kier molecular flexibility index (Phi) is 9.48. The smallest absolute Gasteiger partial charge is 0.187 e. The van der Waals surface area contributed by atoms with Gasteiger partial charge in [-0.3, -0.25) is 0 Å². The molecular weight excluding hydrogens is 211 g/mol.